The van der Waals surface area contributed by atoms with Gasteiger partial charge in [-0.25, -0.2) is 4.79 Å². The highest BCUT2D eigenvalue weighted by atomic mass is 16.7. The first-order valence-electron chi connectivity index (χ1n) is 10.6. The zero-order valence-corrected chi connectivity index (χ0v) is 18.7. The number of aliphatic carboxylic acids is 1. The number of esters is 1. The number of nitrogens with zero attached hydrogens (tertiary/aromatic N) is 1. The number of hydrogen-bond donors (Lipinski definition) is 2. The highest BCUT2D eigenvalue weighted by molar-refractivity contribution is 6.07. The Labute approximate surface area is 183 Å². The molecule has 1 atom stereocenters. The summed E-state index contributed by atoms with van der Waals surface area (Å²) in [7, 11) is 1.59. The van der Waals surface area contributed by atoms with Gasteiger partial charge in [0.05, 0.1) is 18.7 Å². The molecule has 0 heterocycles. The van der Waals surface area contributed by atoms with Crippen LogP contribution in [-0.4, -0.2) is 47.9 Å². The molecule has 1 aliphatic rings. The van der Waals surface area contributed by atoms with Gasteiger partial charge in [0.15, 0.2) is 0 Å². The fraction of sp³-hybridized carbons (Fsp3) is 0.565. The largest absolute Gasteiger partial charge is 0.478 e. The maximum absolute atomic E-state index is 13.1. The van der Waals surface area contributed by atoms with Gasteiger partial charge in [0.1, 0.15) is 5.41 Å². The molecule has 1 fully saturated rings. The Morgan fingerprint density at radius 3 is 2.39 bits per heavy atom. The molecule has 31 heavy (non-hydrogen) atoms. The fourth-order valence-corrected chi connectivity index (χ4v) is 3.59. The molecule has 0 radical (unpaired) electrons. The molecule has 0 spiro atoms. The normalized spacial score (nSPS) is 20.2. The number of benzene rings is 1. The molecule has 2 rings (SSSR count). The lowest BCUT2D eigenvalue weighted by molar-refractivity contribution is -0.161. The van der Waals surface area contributed by atoms with Gasteiger partial charge in [0.25, 0.3) is 0 Å². The minimum atomic E-state index is -1.51. The van der Waals surface area contributed by atoms with Crippen molar-refractivity contribution in [2.24, 2.45) is 10.6 Å². The third kappa shape index (κ3) is 6.06. The summed E-state index contributed by atoms with van der Waals surface area (Å²) in [6.45, 7) is 4.82. The van der Waals surface area contributed by atoms with E-state index in [1.54, 1.807) is 14.0 Å². The quantitative estimate of drug-likeness (QED) is 0.458. The average molecular weight is 433 g/mol. The number of ether oxygens (including phenoxy) is 1. The molecular formula is C23H32N2O6. The van der Waals surface area contributed by atoms with Gasteiger partial charge in [-0.2, -0.15) is 0 Å². The van der Waals surface area contributed by atoms with Gasteiger partial charge in [-0.3, -0.25) is 9.59 Å². The predicted molar refractivity (Wildman–Crippen MR) is 116 cm³/mol. The van der Waals surface area contributed by atoms with Crippen LogP contribution in [0.1, 0.15) is 57.6 Å². The van der Waals surface area contributed by atoms with Crippen molar-refractivity contribution in [1.82, 2.24) is 5.32 Å². The first-order valence-corrected chi connectivity index (χ1v) is 10.6. The van der Waals surface area contributed by atoms with Crippen molar-refractivity contribution in [2.75, 3.05) is 13.7 Å². The summed E-state index contributed by atoms with van der Waals surface area (Å²) in [5, 5.41) is 16.1. The summed E-state index contributed by atoms with van der Waals surface area (Å²) in [6.07, 6.45) is 3.38. The Balaban J connectivity index is 2.36. The van der Waals surface area contributed by atoms with Gasteiger partial charge >= 0.3 is 11.9 Å². The Hall–Kier alpha value is -2.90. The number of carboxylic acid groups (broad SMARTS) is 1. The van der Waals surface area contributed by atoms with Crippen LogP contribution in [0.25, 0.3) is 0 Å². The summed E-state index contributed by atoms with van der Waals surface area (Å²) in [6, 6.07) is 7.53. The number of nitrogens with one attached hydrogen (secondary N) is 1. The number of carbonyl (C=O) groups excluding carboxylic acids is 2. The average Bonchev–Trinajstić information content (AvgIpc) is 2.74. The molecule has 170 valence electrons. The molecule has 1 aromatic carbocycles. The van der Waals surface area contributed by atoms with Gasteiger partial charge in [-0.05, 0) is 57.6 Å². The Morgan fingerprint density at radius 2 is 1.81 bits per heavy atom. The molecule has 1 aliphatic carbocycles. The van der Waals surface area contributed by atoms with Crippen LogP contribution < -0.4 is 5.32 Å². The van der Waals surface area contributed by atoms with E-state index in [1.165, 1.54) is 13.8 Å². The van der Waals surface area contributed by atoms with Crippen LogP contribution in [0.2, 0.25) is 0 Å². The summed E-state index contributed by atoms with van der Waals surface area (Å²) in [5.74, 6) is -1.59. The lowest BCUT2D eigenvalue weighted by Crippen LogP contribution is -2.45. The molecule has 1 saturated carbocycles. The lowest BCUT2D eigenvalue weighted by Gasteiger charge is -2.36. The minimum absolute atomic E-state index is 0.0735. The van der Waals surface area contributed by atoms with E-state index < -0.39 is 17.0 Å². The molecule has 0 aromatic heterocycles. The third-order valence-corrected chi connectivity index (χ3v) is 5.56. The molecule has 0 aliphatic heterocycles. The number of amides is 1. The topological polar surface area (TPSA) is 114 Å². The Kier molecular flexibility index (Phi) is 8.19. The summed E-state index contributed by atoms with van der Waals surface area (Å²) in [4.78, 5) is 41.5. The van der Waals surface area contributed by atoms with E-state index in [0.29, 0.717) is 25.0 Å². The third-order valence-electron chi connectivity index (χ3n) is 5.56. The molecule has 2 N–H and O–H groups in total. The molecule has 1 unspecified atom stereocenters. The number of likely N-dealkylation sites (N-methyl/N-ethyl adjacent to an activating group) is 1. The van der Waals surface area contributed by atoms with E-state index in [4.69, 9.17) is 9.57 Å². The first-order chi connectivity index (χ1) is 14.6. The Morgan fingerprint density at radius 1 is 1.16 bits per heavy atom. The van der Waals surface area contributed by atoms with Crippen LogP contribution in [0.4, 0.5) is 0 Å². The summed E-state index contributed by atoms with van der Waals surface area (Å²) >= 11 is 0. The van der Waals surface area contributed by atoms with E-state index in [0.717, 1.165) is 24.0 Å². The highest BCUT2D eigenvalue weighted by Crippen LogP contribution is 2.39. The second kappa shape index (κ2) is 10.4. The van der Waals surface area contributed by atoms with Crippen molar-refractivity contribution in [1.29, 1.82) is 0 Å². The standard InChI is InChI=1S/C23H32N2O6/c1-5-30-21(29)23(15-17-11-9-16(10-12-17)14-19(26)24-4)13-7-6-8-18(23)25-31-22(2,3)20(27)28/h9-12H,5-8,13-15H2,1-4H3,(H,24,26)(H,27,28)/b25-18+. The summed E-state index contributed by atoms with van der Waals surface area (Å²) < 4.78 is 5.41. The van der Waals surface area contributed by atoms with E-state index in [9.17, 15) is 19.5 Å². The molecule has 1 aromatic rings. The van der Waals surface area contributed by atoms with Crippen molar-refractivity contribution < 1.29 is 29.1 Å². The monoisotopic (exact) mass is 432 g/mol. The van der Waals surface area contributed by atoms with Crippen LogP contribution in [0.15, 0.2) is 29.4 Å². The van der Waals surface area contributed by atoms with Crippen molar-refractivity contribution in [2.45, 2.75) is 64.9 Å². The maximum atomic E-state index is 13.1. The van der Waals surface area contributed by atoms with Gasteiger partial charge < -0.3 is 20.0 Å². The van der Waals surface area contributed by atoms with Crippen molar-refractivity contribution in [3.63, 3.8) is 0 Å². The SMILES string of the molecule is CCOC(=O)C1(Cc2ccc(CC(=O)NC)cc2)CCCC/C1=N\OC(C)(C)C(=O)O. The van der Waals surface area contributed by atoms with Crippen molar-refractivity contribution in [3.8, 4) is 0 Å². The van der Waals surface area contributed by atoms with E-state index in [-0.39, 0.29) is 24.9 Å². The van der Waals surface area contributed by atoms with Crippen molar-refractivity contribution >= 4 is 23.6 Å². The first kappa shape index (κ1) is 24.4. The second-order valence-electron chi connectivity index (χ2n) is 8.30. The van der Waals surface area contributed by atoms with E-state index in [2.05, 4.69) is 10.5 Å². The van der Waals surface area contributed by atoms with Crippen LogP contribution in [0.3, 0.4) is 0 Å². The van der Waals surface area contributed by atoms with E-state index >= 15 is 0 Å². The summed E-state index contributed by atoms with van der Waals surface area (Å²) in [5.41, 5.74) is -0.226. The second-order valence-corrected chi connectivity index (χ2v) is 8.30. The lowest BCUT2D eigenvalue weighted by atomic mass is 9.68. The van der Waals surface area contributed by atoms with Gasteiger partial charge in [-0.1, -0.05) is 35.8 Å². The highest BCUT2D eigenvalue weighted by Gasteiger charge is 2.47. The van der Waals surface area contributed by atoms with Crippen molar-refractivity contribution in [3.05, 3.63) is 35.4 Å². The molecule has 0 saturated heterocycles. The zero-order valence-electron chi connectivity index (χ0n) is 18.7. The van der Waals surface area contributed by atoms with Gasteiger partial charge in [0, 0.05) is 7.05 Å². The number of carbonyl (C=O) groups is 3. The number of hydrogen-bond acceptors (Lipinski definition) is 6. The molecular weight excluding hydrogens is 400 g/mol. The van der Waals surface area contributed by atoms with Crippen LogP contribution >= 0.6 is 0 Å². The molecule has 1 amide bonds. The zero-order chi connectivity index (χ0) is 23.1. The van der Waals surface area contributed by atoms with Gasteiger partial charge in [-0.15, -0.1) is 0 Å². The Bertz CT molecular complexity index is 831. The fourth-order valence-electron chi connectivity index (χ4n) is 3.59. The number of carboxylic acids is 1. The van der Waals surface area contributed by atoms with Gasteiger partial charge in [0.2, 0.25) is 11.5 Å². The molecule has 8 nitrogen and oxygen atoms in total. The van der Waals surface area contributed by atoms with Crippen LogP contribution in [0.5, 0.6) is 0 Å². The minimum Gasteiger partial charge on any atom is -0.478 e. The van der Waals surface area contributed by atoms with E-state index in [1.807, 2.05) is 24.3 Å². The molecule has 8 heteroatoms. The smallest absolute Gasteiger partial charge is 0.350 e. The maximum Gasteiger partial charge on any atom is 0.350 e. The predicted octanol–water partition coefficient (Wildman–Crippen LogP) is 2.88. The van der Waals surface area contributed by atoms with Crippen LogP contribution in [-0.2, 0) is 36.8 Å². The number of rotatable bonds is 9. The number of oxime groups is 1. The van der Waals surface area contributed by atoms with Crippen LogP contribution in [0, 0.1) is 5.41 Å². The molecule has 0 bridgehead atoms.